The molecule has 0 bridgehead atoms. The molecule has 0 atom stereocenters. The number of hydrogen-bond acceptors (Lipinski definition) is 5. The smallest absolute Gasteiger partial charge is 0.245 e. The number of nitrogens with zero attached hydrogens (tertiary/aromatic N) is 2. The van der Waals surface area contributed by atoms with Gasteiger partial charge in [0.25, 0.3) is 0 Å². The lowest BCUT2D eigenvalue weighted by Gasteiger charge is -2.06. The number of nitrogens with two attached hydrogens (primary N) is 1. The minimum atomic E-state index is -3.60. The van der Waals surface area contributed by atoms with Crippen molar-refractivity contribution in [1.29, 1.82) is 0 Å². The first-order chi connectivity index (χ1) is 10.0. The maximum Gasteiger partial charge on any atom is 0.245 e. The predicted octanol–water partition coefficient (Wildman–Crippen LogP) is 1.36. The van der Waals surface area contributed by atoms with Crippen LogP contribution in [0.4, 0.5) is 5.82 Å². The van der Waals surface area contributed by atoms with Crippen molar-refractivity contribution in [3.8, 4) is 0 Å². The number of nitrogens with one attached hydrogen (secondary N) is 1. The average molecular weight is 318 g/mol. The van der Waals surface area contributed by atoms with Gasteiger partial charge in [0.05, 0.1) is 0 Å². The maximum atomic E-state index is 12.1. The Morgan fingerprint density at radius 2 is 2.00 bits per heavy atom. The lowest BCUT2D eigenvalue weighted by molar-refractivity contribution is 0.130. The molecule has 0 spiro atoms. The van der Waals surface area contributed by atoms with Crippen LogP contribution < -0.4 is 10.5 Å². The largest absolute Gasteiger partial charge is 0.381 e. The highest BCUT2D eigenvalue weighted by Crippen LogP contribution is 2.16. The van der Waals surface area contributed by atoms with Gasteiger partial charge in [0.1, 0.15) is 4.90 Å². The summed E-state index contributed by atoms with van der Waals surface area (Å²) >= 11 is 0. The fourth-order valence-electron chi connectivity index (χ4n) is 1.78. The van der Waals surface area contributed by atoms with Gasteiger partial charge >= 0.3 is 0 Å². The molecule has 1 aromatic rings. The number of anilines is 1. The molecule has 0 unspecified atom stereocenters. The Balaban J connectivity index is 2.43. The van der Waals surface area contributed by atoms with Crippen LogP contribution in [0.5, 0.6) is 0 Å². The highest BCUT2D eigenvalue weighted by molar-refractivity contribution is 7.89. The van der Waals surface area contributed by atoms with Crippen LogP contribution in [0.15, 0.2) is 11.1 Å². The van der Waals surface area contributed by atoms with Crippen LogP contribution >= 0.6 is 0 Å². The number of unbranched alkanes of at least 4 members (excludes halogenated alkanes) is 1. The van der Waals surface area contributed by atoms with E-state index < -0.39 is 10.0 Å². The average Bonchev–Trinajstić information content (AvgIpc) is 2.80. The van der Waals surface area contributed by atoms with Crippen LogP contribution in [0, 0.1) is 0 Å². The SMILES string of the molecule is CCCCOCCCNS(=O)(=O)c1cn(CCC)nc1N. The number of hydrogen-bond donors (Lipinski definition) is 2. The number of aromatic nitrogens is 2. The second-order valence-electron chi connectivity index (χ2n) is 4.86. The fourth-order valence-corrected chi connectivity index (χ4v) is 2.92. The van der Waals surface area contributed by atoms with E-state index in [4.69, 9.17) is 10.5 Å². The Morgan fingerprint density at radius 1 is 1.29 bits per heavy atom. The monoisotopic (exact) mass is 318 g/mol. The first-order valence-corrected chi connectivity index (χ1v) is 8.90. The second-order valence-corrected chi connectivity index (χ2v) is 6.59. The van der Waals surface area contributed by atoms with Gasteiger partial charge in [-0.25, -0.2) is 13.1 Å². The molecule has 1 heterocycles. The number of ether oxygens (including phenoxy) is 1. The highest BCUT2D eigenvalue weighted by Gasteiger charge is 2.20. The summed E-state index contributed by atoms with van der Waals surface area (Å²) in [7, 11) is -3.60. The molecule has 0 radical (unpaired) electrons. The molecule has 0 saturated carbocycles. The summed E-state index contributed by atoms with van der Waals surface area (Å²) in [6.07, 6.45) is 5.08. The number of nitrogen functional groups attached to an aromatic ring is 1. The van der Waals surface area contributed by atoms with Crippen molar-refractivity contribution in [3.63, 3.8) is 0 Å². The molecule has 21 heavy (non-hydrogen) atoms. The lowest BCUT2D eigenvalue weighted by Crippen LogP contribution is -2.26. The van der Waals surface area contributed by atoms with Gasteiger partial charge in [0.2, 0.25) is 10.0 Å². The third-order valence-corrected chi connectivity index (χ3v) is 4.37. The minimum absolute atomic E-state index is 0.0372. The number of aryl methyl sites for hydroxylation is 1. The van der Waals surface area contributed by atoms with Gasteiger partial charge in [-0.3, -0.25) is 4.68 Å². The summed E-state index contributed by atoms with van der Waals surface area (Å²) in [6.45, 7) is 6.33. The minimum Gasteiger partial charge on any atom is -0.381 e. The number of rotatable bonds is 11. The van der Waals surface area contributed by atoms with Crippen molar-refractivity contribution in [1.82, 2.24) is 14.5 Å². The molecule has 0 amide bonds. The van der Waals surface area contributed by atoms with Gasteiger partial charge in [-0.2, -0.15) is 5.10 Å². The van der Waals surface area contributed by atoms with Crippen molar-refractivity contribution in [3.05, 3.63) is 6.20 Å². The van der Waals surface area contributed by atoms with Crippen molar-refractivity contribution < 1.29 is 13.2 Å². The van der Waals surface area contributed by atoms with E-state index in [0.717, 1.165) is 25.9 Å². The molecule has 3 N–H and O–H groups in total. The van der Waals surface area contributed by atoms with E-state index in [2.05, 4.69) is 16.7 Å². The zero-order valence-corrected chi connectivity index (χ0v) is 13.7. The van der Waals surface area contributed by atoms with Crippen molar-refractivity contribution in [2.24, 2.45) is 0 Å². The van der Waals surface area contributed by atoms with E-state index in [0.29, 0.717) is 26.1 Å². The van der Waals surface area contributed by atoms with Crippen LogP contribution in [0.25, 0.3) is 0 Å². The van der Waals surface area contributed by atoms with Gasteiger partial charge in [0.15, 0.2) is 5.82 Å². The summed E-state index contributed by atoms with van der Waals surface area (Å²) in [4.78, 5) is 0.0443. The Labute approximate surface area is 126 Å². The van der Waals surface area contributed by atoms with E-state index in [1.807, 2.05) is 6.92 Å². The maximum absolute atomic E-state index is 12.1. The van der Waals surface area contributed by atoms with E-state index in [1.54, 1.807) is 4.68 Å². The first kappa shape index (κ1) is 17.9. The van der Waals surface area contributed by atoms with Gasteiger partial charge in [-0.15, -0.1) is 0 Å². The summed E-state index contributed by atoms with van der Waals surface area (Å²) in [5, 5.41) is 4.00. The van der Waals surface area contributed by atoms with Gasteiger partial charge in [0, 0.05) is 32.5 Å². The van der Waals surface area contributed by atoms with Crippen molar-refractivity contribution in [2.45, 2.75) is 51.0 Å². The molecule has 0 fully saturated rings. The Kier molecular flexibility index (Phi) is 7.69. The molecule has 8 heteroatoms. The van der Waals surface area contributed by atoms with Crippen molar-refractivity contribution in [2.75, 3.05) is 25.5 Å². The predicted molar refractivity (Wildman–Crippen MR) is 82.5 cm³/mol. The quantitative estimate of drug-likeness (QED) is 0.600. The Morgan fingerprint density at radius 3 is 2.67 bits per heavy atom. The van der Waals surface area contributed by atoms with Crippen LogP contribution in [0.1, 0.15) is 39.5 Å². The fraction of sp³-hybridized carbons (Fsp3) is 0.769. The van der Waals surface area contributed by atoms with Crippen LogP contribution in [0.3, 0.4) is 0 Å². The summed E-state index contributed by atoms with van der Waals surface area (Å²) < 4.78 is 33.7. The normalized spacial score (nSPS) is 11.9. The van der Waals surface area contributed by atoms with Crippen LogP contribution in [-0.2, 0) is 21.3 Å². The van der Waals surface area contributed by atoms with Crippen molar-refractivity contribution >= 4 is 15.8 Å². The summed E-state index contributed by atoms with van der Waals surface area (Å²) in [6, 6.07) is 0. The summed E-state index contributed by atoms with van der Waals surface area (Å²) in [5.41, 5.74) is 5.67. The molecule has 7 nitrogen and oxygen atoms in total. The van der Waals surface area contributed by atoms with Crippen LogP contribution in [-0.4, -0.2) is 38.0 Å². The highest BCUT2D eigenvalue weighted by atomic mass is 32.2. The third kappa shape index (κ3) is 6.03. The molecule has 122 valence electrons. The molecule has 0 aliphatic heterocycles. The van der Waals surface area contributed by atoms with Gasteiger partial charge < -0.3 is 10.5 Å². The molecule has 1 rings (SSSR count). The Hall–Kier alpha value is -1.12. The molecule has 0 aliphatic carbocycles. The van der Waals surface area contributed by atoms with E-state index in [-0.39, 0.29) is 10.7 Å². The Bertz CT molecular complexity index is 513. The zero-order valence-electron chi connectivity index (χ0n) is 12.8. The third-order valence-electron chi connectivity index (χ3n) is 2.90. The van der Waals surface area contributed by atoms with E-state index >= 15 is 0 Å². The summed E-state index contributed by atoms with van der Waals surface area (Å²) in [5.74, 6) is 0.0372. The zero-order chi connectivity index (χ0) is 15.7. The molecule has 0 aromatic carbocycles. The molecule has 0 aliphatic rings. The van der Waals surface area contributed by atoms with E-state index in [9.17, 15) is 8.42 Å². The molecular weight excluding hydrogens is 292 g/mol. The standard InChI is InChI=1S/C13H26N4O3S/c1-3-5-9-20-10-6-7-15-21(18,19)12-11-17(8-4-2)16-13(12)14/h11,15H,3-10H2,1-2H3,(H2,14,16). The molecular formula is C13H26N4O3S. The molecule has 1 aromatic heterocycles. The van der Waals surface area contributed by atoms with Gasteiger partial charge in [-0.05, 0) is 19.3 Å². The van der Waals surface area contributed by atoms with Crippen LogP contribution in [0.2, 0.25) is 0 Å². The second kappa shape index (κ2) is 9.01. The molecule has 0 saturated heterocycles. The van der Waals surface area contributed by atoms with E-state index in [1.165, 1.54) is 6.20 Å². The van der Waals surface area contributed by atoms with Gasteiger partial charge in [-0.1, -0.05) is 20.3 Å². The first-order valence-electron chi connectivity index (χ1n) is 7.41. The topological polar surface area (TPSA) is 99.2 Å². The lowest BCUT2D eigenvalue weighted by atomic mass is 10.4. The number of sulfonamides is 1.